The molecule has 0 aromatic heterocycles. The number of aliphatic imine (C=N–C) groups is 1. The summed E-state index contributed by atoms with van der Waals surface area (Å²) in [6, 6.07) is 8.00. The fraction of sp³-hybridized carbons (Fsp3) is 0.632. The van der Waals surface area contributed by atoms with Crippen molar-refractivity contribution in [2.45, 2.75) is 18.5 Å². The summed E-state index contributed by atoms with van der Waals surface area (Å²) in [5.41, 5.74) is 1.39. The minimum Gasteiger partial charge on any atom is -0.379 e. The third-order valence-electron chi connectivity index (χ3n) is 5.22. The van der Waals surface area contributed by atoms with Crippen LogP contribution in [0.15, 0.2) is 29.3 Å². The first-order valence-corrected chi connectivity index (χ1v) is 10.7. The van der Waals surface area contributed by atoms with Gasteiger partial charge in [-0.25, -0.2) is 0 Å². The van der Waals surface area contributed by atoms with Crippen molar-refractivity contribution in [1.82, 2.24) is 15.1 Å². The maximum absolute atomic E-state index is 6.11. The molecule has 1 aromatic rings. The van der Waals surface area contributed by atoms with E-state index in [4.69, 9.17) is 16.3 Å². The molecule has 1 unspecified atom stereocenters. The van der Waals surface area contributed by atoms with Crippen LogP contribution in [0.1, 0.15) is 12.0 Å². The fourth-order valence-electron chi connectivity index (χ4n) is 3.75. The van der Waals surface area contributed by atoms with Gasteiger partial charge in [-0.05, 0) is 29.9 Å². The molecule has 0 aliphatic carbocycles. The number of nitrogens with zero attached hydrogens (tertiary/aromatic N) is 3. The Morgan fingerprint density at radius 2 is 2.19 bits per heavy atom. The Morgan fingerprint density at radius 3 is 2.81 bits per heavy atom. The average Bonchev–Trinajstić information content (AvgIpc) is 3.13. The summed E-state index contributed by atoms with van der Waals surface area (Å²) in [4.78, 5) is 9.26. The molecular weight excluding hydrogens is 495 g/mol. The normalized spacial score (nSPS) is 23.7. The average molecular weight is 525 g/mol. The molecule has 1 atom stereocenters. The third kappa shape index (κ3) is 6.13. The highest BCUT2D eigenvalue weighted by Crippen LogP contribution is 2.33. The number of morpholine rings is 1. The van der Waals surface area contributed by atoms with E-state index in [1.54, 1.807) is 0 Å². The molecule has 1 aromatic carbocycles. The van der Waals surface area contributed by atoms with E-state index in [0.717, 1.165) is 50.4 Å². The zero-order valence-electron chi connectivity index (χ0n) is 16.1. The topological polar surface area (TPSA) is 40.1 Å². The lowest BCUT2D eigenvalue weighted by molar-refractivity contribution is -0.0121. The molecule has 8 heteroatoms. The van der Waals surface area contributed by atoms with Gasteiger partial charge in [0.05, 0.1) is 13.2 Å². The summed E-state index contributed by atoms with van der Waals surface area (Å²) < 4.78 is 5.55. The maximum atomic E-state index is 6.11. The van der Waals surface area contributed by atoms with Gasteiger partial charge in [0.1, 0.15) is 0 Å². The predicted molar refractivity (Wildman–Crippen MR) is 127 cm³/mol. The molecule has 2 fully saturated rings. The van der Waals surface area contributed by atoms with Crippen molar-refractivity contribution >= 4 is 53.3 Å². The number of hydrogen-bond donors (Lipinski definition) is 1. The molecule has 2 heterocycles. The van der Waals surface area contributed by atoms with Gasteiger partial charge >= 0.3 is 0 Å². The van der Waals surface area contributed by atoms with E-state index in [9.17, 15) is 0 Å². The Morgan fingerprint density at radius 1 is 1.41 bits per heavy atom. The molecule has 27 heavy (non-hydrogen) atoms. The van der Waals surface area contributed by atoms with Gasteiger partial charge < -0.3 is 15.0 Å². The zero-order chi connectivity index (χ0) is 18.4. The van der Waals surface area contributed by atoms with Crippen molar-refractivity contribution in [3.8, 4) is 0 Å². The minimum atomic E-state index is 0. The number of nitrogens with one attached hydrogen (secondary N) is 1. The van der Waals surface area contributed by atoms with Gasteiger partial charge in [-0.15, -0.1) is 24.0 Å². The molecule has 152 valence electrons. The Bertz CT molecular complexity index is 621. The lowest BCUT2D eigenvalue weighted by atomic mass is 9.95. The van der Waals surface area contributed by atoms with E-state index >= 15 is 0 Å². The summed E-state index contributed by atoms with van der Waals surface area (Å²) in [6.45, 7) is 5.44. The van der Waals surface area contributed by atoms with Crippen molar-refractivity contribution in [1.29, 1.82) is 0 Å². The molecule has 3 rings (SSSR count). The minimum absolute atomic E-state index is 0. The lowest BCUT2D eigenvalue weighted by Crippen LogP contribution is -2.60. The number of rotatable bonds is 5. The molecule has 1 N–H and O–H groups in total. The van der Waals surface area contributed by atoms with Crippen LogP contribution in [0.2, 0.25) is 5.02 Å². The first kappa shape index (κ1) is 23.1. The number of benzene rings is 1. The molecule has 0 radical (unpaired) electrons. The molecule has 0 bridgehead atoms. The van der Waals surface area contributed by atoms with Crippen LogP contribution in [0.25, 0.3) is 0 Å². The highest BCUT2D eigenvalue weighted by molar-refractivity contribution is 14.0. The largest absolute Gasteiger partial charge is 0.379 e. The number of halogens is 2. The van der Waals surface area contributed by atoms with Crippen LogP contribution in [-0.4, -0.2) is 79.7 Å². The molecule has 2 aliphatic rings. The lowest BCUT2D eigenvalue weighted by Gasteiger charge is -2.43. The van der Waals surface area contributed by atoms with E-state index in [-0.39, 0.29) is 29.5 Å². The predicted octanol–water partition coefficient (Wildman–Crippen LogP) is 3.17. The van der Waals surface area contributed by atoms with Crippen molar-refractivity contribution in [3.63, 3.8) is 0 Å². The summed E-state index contributed by atoms with van der Waals surface area (Å²) in [5.74, 6) is 3.33. The fourth-order valence-corrected chi connectivity index (χ4v) is 5.44. The summed E-state index contributed by atoms with van der Waals surface area (Å²) in [6.07, 6.45) is 1.22. The molecular formula is C19H30ClIN4OS. The van der Waals surface area contributed by atoms with Gasteiger partial charge in [-0.3, -0.25) is 9.89 Å². The summed E-state index contributed by atoms with van der Waals surface area (Å²) in [5, 5.41) is 4.40. The van der Waals surface area contributed by atoms with E-state index in [1.165, 1.54) is 23.5 Å². The second-order valence-corrected chi connectivity index (χ2v) is 8.55. The number of ether oxygens (including phenoxy) is 1. The zero-order valence-corrected chi connectivity index (χ0v) is 20.0. The van der Waals surface area contributed by atoms with E-state index < -0.39 is 0 Å². The number of thioether (sulfide) groups is 1. The first-order chi connectivity index (χ1) is 12.6. The van der Waals surface area contributed by atoms with Gasteiger partial charge in [0.25, 0.3) is 0 Å². The van der Waals surface area contributed by atoms with Crippen LogP contribution >= 0.6 is 47.3 Å². The van der Waals surface area contributed by atoms with Crippen LogP contribution in [0.5, 0.6) is 0 Å². The van der Waals surface area contributed by atoms with E-state index in [1.807, 2.05) is 25.2 Å². The van der Waals surface area contributed by atoms with Crippen LogP contribution < -0.4 is 5.32 Å². The van der Waals surface area contributed by atoms with E-state index in [2.05, 4.69) is 45.0 Å². The highest BCUT2D eigenvalue weighted by Gasteiger charge is 2.40. The Balaban J connectivity index is 0.00000261. The molecule has 2 aliphatic heterocycles. The Labute approximate surface area is 189 Å². The van der Waals surface area contributed by atoms with Crippen molar-refractivity contribution < 1.29 is 4.74 Å². The van der Waals surface area contributed by atoms with Gasteiger partial charge in [-0.2, -0.15) is 11.8 Å². The summed E-state index contributed by atoms with van der Waals surface area (Å²) >= 11 is 8.17. The molecule has 0 amide bonds. The Kier molecular flexibility index (Phi) is 9.47. The van der Waals surface area contributed by atoms with Crippen LogP contribution in [0.3, 0.4) is 0 Å². The van der Waals surface area contributed by atoms with Crippen molar-refractivity contribution in [2.75, 3.05) is 58.4 Å². The van der Waals surface area contributed by atoms with Crippen LogP contribution in [0.4, 0.5) is 0 Å². The van der Waals surface area contributed by atoms with Gasteiger partial charge in [0.2, 0.25) is 0 Å². The quantitative estimate of drug-likeness (QED) is 0.364. The smallest absolute Gasteiger partial charge is 0.193 e. The standard InChI is InChI=1S/C19H29ClN4OS.HI/c1-21-18(23(2)13-16-4-3-5-17(20)12-16)22-14-19(6-11-26-15-19)24-7-9-25-10-8-24;/h3-5,12H,6-11,13-15H2,1-2H3,(H,21,22);1H. The summed E-state index contributed by atoms with van der Waals surface area (Å²) in [7, 11) is 3.92. The third-order valence-corrected chi connectivity index (χ3v) is 6.69. The first-order valence-electron chi connectivity index (χ1n) is 9.20. The second-order valence-electron chi connectivity index (χ2n) is 7.01. The molecule has 2 saturated heterocycles. The number of guanidine groups is 1. The maximum Gasteiger partial charge on any atom is 0.193 e. The molecule has 0 saturated carbocycles. The van der Waals surface area contributed by atoms with Crippen molar-refractivity contribution in [3.05, 3.63) is 34.9 Å². The van der Waals surface area contributed by atoms with Crippen LogP contribution in [-0.2, 0) is 11.3 Å². The highest BCUT2D eigenvalue weighted by atomic mass is 127. The monoisotopic (exact) mass is 524 g/mol. The SMILES string of the molecule is CN=C(NCC1(N2CCOCC2)CCSC1)N(C)Cc1cccc(Cl)c1.I. The van der Waals surface area contributed by atoms with Gasteiger partial charge in [0.15, 0.2) is 5.96 Å². The molecule has 0 spiro atoms. The van der Waals surface area contributed by atoms with Gasteiger partial charge in [-0.1, -0.05) is 23.7 Å². The molecule has 5 nitrogen and oxygen atoms in total. The van der Waals surface area contributed by atoms with E-state index in [0.29, 0.717) is 0 Å². The van der Waals surface area contributed by atoms with Gasteiger partial charge in [0, 0.05) is 56.6 Å². The Hall–Kier alpha value is -0.220. The van der Waals surface area contributed by atoms with Crippen molar-refractivity contribution in [2.24, 2.45) is 4.99 Å². The number of hydrogen-bond acceptors (Lipinski definition) is 4. The van der Waals surface area contributed by atoms with Crippen LogP contribution in [0, 0.1) is 0 Å². The second kappa shape index (κ2) is 11.1.